The van der Waals surface area contributed by atoms with Crippen LogP contribution in [0, 0.1) is 0 Å². The normalized spacial score (nSPS) is 10.0. The van der Waals surface area contributed by atoms with Crippen LogP contribution in [0.25, 0.3) is 0 Å². The Labute approximate surface area is 154 Å². The van der Waals surface area contributed by atoms with Gasteiger partial charge in [0, 0.05) is 12.6 Å². The predicted molar refractivity (Wildman–Crippen MR) is 105 cm³/mol. The fraction of sp³-hybridized carbons (Fsp3) is 0.316. The molecule has 2 N–H and O–H groups in total. The highest BCUT2D eigenvalue weighted by Gasteiger charge is 2.06. The molecule has 0 unspecified atom stereocenters. The third-order valence-electron chi connectivity index (χ3n) is 3.59. The summed E-state index contributed by atoms with van der Waals surface area (Å²) in [6, 6.07) is 13.6. The van der Waals surface area contributed by atoms with E-state index in [0.29, 0.717) is 17.5 Å². The van der Waals surface area contributed by atoms with Gasteiger partial charge in [0.05, 0.1) is 26.5 Å². The molecule has 2 aromatic rings. The molecule has 134 valence electrons. The van der Waals surface area contributed by atoms with Crippen molar-refractivity contribution in [3.63, 3.8) is 0 Å². The van der Waals surface area contributed by atoms with Crippen molar-refractivity contribution in [1.82, 2.24) is 5.32 Å². The van der Waals surface area contributed by atoms with Crippen molar-refractivity contribution < 1.29 is 14.2 Å². The number of thiocarbonyl (C=S) groups is 1. The third kappa shape index (κ3) is 5.83. The summed E-state index contributed by atoms with van der Waals surface area (Å²) in [5, 5.41) is 6.88. The zero-order valence-corrected chi connectivity index (χ0v) is 15.6. The largest absolute Gasteiger partial charge is 0.497 e. The maximum Gasteiger partial charge on any atom is 0.170 e. The van der Waals surface area contributed by atoms with Crippen molar-refractivity contribution in [2.45, 2.75) is 13.3 Å². The highest BCUT2D eigenvalue weighted by molar-refractivity contribution is 7.80. The van der Waals surface area contributed by atoms with Crippen LogP contribution in [-0.4, -0.2) is 32.5 Å². The van der Waals surface area contributed by atoms with Crippen molar-refractivity contribution in [3.8, 4) is 17.2 Å². The molecule has 0 aliphatic rings. The Morgan fingerprint density at radius 3 is 2.36 bits per heavy atom. The number of ether oxygens (including phenoxy) is 3. The first-order chi connectivity index (χ1) is 12.2. The van der Waals surface area contributed by atoms with Crippen molar-refractivity contribution in [1.29, 1.82) is 0 Å². The summed E-state index contributed by atoms with van der Waals surface area (Å²) in [6.07, 6.45) is 0.865. The van der Waals surface area contributed by atoms with Gasteiger partial charge in [0.25, 0.3) is 0 Å². The Kier molecular flexibility index (Phi) is 7.35. The minimum atomic E-state index is 0.539. The summed E-state index contributed by atoms with van der Waals surface area (Å²) in [4.78, 5) is 0. The Hall–Kier alpha value is -2.47. The van der Waals surface area contributed by atoms with Gasteiger partial charge in [-0.05, 0) is 55.4 Å². The average molecular weight is 360 g/mol. The lowest BCUT2D eigenvalue weighted by molar-refractivity contribution is 0.340. The van der Waals surface area contributed by atoms with E-state index in [0.717, 1.165) is 30.2 Å². The molecule has 0 aliphatic heterocycles. The van der Waals surface area contributed by atoms with Crippen LogP contribution < -0.4 is 24.8 Å². The predicted octanol–water partition coefficient (Wildman–Crippen LogP) is 3.63. The Bertz CT molecular complexity index is 690. The zero-order chi connectivity index (χ0) is 18.1. The molecule has 2 aromatic carbocycles. The van der Waals surface area contributed by atoms with Gasteiger partial charge in [-0.3, -0.25) is 0 Å². The Morgan fingerprint density at radius 2 is 1.72 bits per heavy atom. The Morgan fingerprint density at radius 1 is 1.00 bits per heavy atom. The molecule has 25 heavy (non-hydrogen) atoms. The van der Waals surface area contributed by atoms with Gasteiger partial charge in [0.1, 0.15) is 17.2 Å². The van der Waals surface area contributed by atoms with E-state index in [4.69, 9.17) is 26.4 Å². The van der Waals surface area contributed by atoms with E-state index in [-0.39, 0.29) is 0 Å². The molecular weight excluding hydrogens is 336 g/mol. The molecule has 6 heteroatoms. The standard InChI is InChI=1S/C19H24N2O3S/c1-4-24-15-7-5-14(6-8-15)11-12-20-19(25)21-17-13-16(22-2)9-10-18(17)23-3/h5-10,13H,4,11-12H2,1-3H3,(H2,20,21,25). The number of anilines is 1. The minimum absolute atomic E-state index is 0.539. The van der Waals surface area contributed by atoms with Crippen LogP contribution in [-0.2, 0) is 6.42 Å². The third-order valence-corrected chi connectivity index (χ3v) is 3.83. The lowest BCUT2D eigenvalue weighted by Crippen LogP contribution is -2.30. The second-order valence-electron chi connectivity index (χ2n) is 5.27. The molecule has 0 aliphatic carbocycles. The first-order valence-corrected chi connectivity index (χ1v) is 8.55. The van der Waals surface area contributed by atoms with Crippen LogP contribution >= 0.6 is 12.2 Å². The molecule has 0 saturated heterocycles. The van der Waals surface area contributed by atoms with Crippen LogP contribution in [0.1, 0.15) is 12.5 Å². The summed E-state index contributed by atoms with van der Waals surface area (Å²) in [7, 11) is 3.24. The van der Waals surface area contributed by atoms with Gasteiger partial charge in [-0.25, -0.2) is 0 Å². The summed E-state index contributed by atoms with van der Waals surface area (Å²) in [5.74, 6) is 2.33. The van der Waals surface area contributed by atoms with E-state index in [1.807, 2.05) is 37.3 Å². The van der Waals surface area contributed by atoms with Crippen molar-refractivity contribution in [2.75, 3.05) is 32.7 Å². The summed E-state index contributed by atoms with van der Waals surface area (Å²) < 4.78 is 16.0. The second-order valence-corrected chi connectivity index (χ2v) is 5.68. The maximum atomic E-state index is 5.44. The molecule has 0 radical (unpaired) electrons. The van der Waals surface area contributed by atoms with Gasteiger partial charge in [-0.1, -0.05) is 12.1 Å². The van der Waals surface area contributed by atoms with Gasteiger partial charge in [0.15, 0.2) is 5.11 Å². The number of hydrogen-bond donors (Lipinski definition) is 2. The number of hydrogen-bond acceptors (Lipinski definition) is 4. The maximum absolute atomic E-state index is 5.44. The number of nitrogens with one attached hydrogen (secondary N) is 2. The molecule has 0 saturated carbocycles. The van der Waals surface area contributed by atoms with Crippen molar-refractivity contribution in [2.24, 2.45) is 0 Å². The monoisotopic (exact) mass is 360 g/mol. The SMILES string of the molecule is CCOc1ccc(CCNC(=S)Nc2cc(OC)ccc2OC)cc1. The summed E-state index contributed by atoms with van der Waals surface area (Å²) in [5.41, 5.74) is 1.98. The van der Waals surface area contributed by atoms with Gasteiger partial charge in [0.2, 0.25) is 0 Å². The number of rotatable bonds is 8. The number of methoxy groups -OCH3 is 2. The van der Waals surface area contributed by atoms with E-state index in [9.17, 15) is 0 Å². The highest BCUT2D eigenvalue weighted by atomic mass is 32.1. The molecule has 5 nitrogen and oxygen atoms in total. The van der Waals surface area contributed by atoms with Crippen LogP contribution in [0.2, 0.25) is 0 Å². The average Bonchev–Trinajstić information content (AvgIpc) is 2.63. The quantitative estimate of drug-likeness (QED) is 0.701. The molecule has 0 atom stereocenters. The Balaban J connectivity index is 1.84. The number of benzene rings is 2. The molecule has 0 fully saturated rings. The van der Waals surface area contributed by atoms with Gasteiger partial charge >= 0.3 is 0 Å². The molecule has 2 rings (SSSR count). The van der Waals surface area contributed by atoms with E-state index in [2.05, 4.69) is 22.8 Å². The van der Waals surface area contributed by atoms with Crippen LogP contribution in [0.5, 0.6) is 17.2 Å². The lowest BCUT2D eigenvalue weighted by atomic mass is 10.1. The molecule has 0 aromatic heterocycles. The second kappa shape index (κ2) is 9.74. The van der Waals surface area contributed by atoms with Crippen LogP contribution in [0.4, 0.5) is 5.69 Å². The fourth-order valence-electron chi connectivity index (χ4n) is 2.32. The minimum Gasteiger partial charge on any atom is -0.497 e. The van der Waals surface area contributed by atoms with Gasteiger partial charge in [-0.15, -0.1) is 0 Å². The zero-order valence-electron chi connectivity index (χ0n) is 14.8. The molecule has 0 spiro atoms. The van der Waals surface area contributed by atoms with Gasteiger partial charge < -0.3 is 24.8 Å². The van der Waals surface area contributed by atoms with Crippen molar-refractivity contribution in [3.05, 3.63) is 48.0 Å². The molecule has 0 heterocycles. The first-order valence-electron chi connectivity index (χ1n) is 8.15. The van der Waals surface area contributed by atoms with E-state index < -0.39 is 0 Å². The molecular formula is C19H24N2O3S. The van der Waals surface area contributed by atoms with Crippen molar-refractivity contribution >= 4 is 23.0 Å². The molecule has 0 bridgehead atoms. The van der Waals surface area contributed by atoms with E-state index in [1.165, 1.54) is 5.56 Å². The summed E-state index contributed by atoms with van der Waals surface area (Å²) >= 11 is 5.36. The van der Waals surface area contributed by atoms with Crippen LogP contribution in [0.15, 0.2) is 42.5 Å². The van der Waals surface area contributed by atoms with Gasteiger partial charge in [-0.2, -0.15) is 0 Å². The van der Waals surface area contributed by atoms with E-state index >= 15 is 0 Å². The highest BCUT2D eigenvalue weighted by Crippen LogP contribution is 2.28. The summed E-state index contributed by atoms with van der Waals surface area (Å²) in [6.45, 7) is 3.38. The first kappa shape index (κ1) is 18.9. The van der Waals surface area contributed by atoms with Crippen LogP contribution in [0.3, 0.4) is 0 Å². The smallest absolute Gasteiger partial charge is 0.170 e. The topological polar surface area (TPSA) is 51.8 Å². The lowest BCUT2D eigenvalue weighted by Gasteiger charge is -2.14. The fourth-order valence-corrected chi connectivity index (χ4v) is 2.53. The van der Waals surface area contributed by atoms with E-state index in [1.54, 1.807) is 14.2 Å². The molecule has 0 amide bonds.